The molecule has 1 aromatic carbocycles. The topological polar surface area (TPSA) is 76.7 Å². The van der Waals surface area contributed by atoms with Crippen LogP contribution in [0.1, 0.15) is 19.3 Å². The second-order valence-corrected chi connectivity index (χ2v) is 6.75. The number of hydrogen-bond donors (Lipinski definition) is 2. The van der Waals surface area contributed by atoms with E-state index in [4.69, 9.17) is 9.47 Å². The van der Waals surface area contributed by atoms with Gasteiger partial charge in [0, 0.05) is 18.7 Å². The Kier molecular flexibility index (Phi) is 5.44. The van der Waals surface area contributed by atoms with Crippen molar-refractivity contribution in [2.75, 3.05) is 27.3 Å². The van der Waals surface area contributed by atoms with Gasteiger partial charge < -0.3 is 14.8 Å². The van der Waals surface area contributed by atoms with Crippen LogP contribution >= 0.6 is 0 Å². The van der Waals surface area contributed by atoms with Crippen molar-refractivity contribution in [3.8, 4) is 11.5 Å². The summed E-state index contributed by atoms with van der Waals surface area (Å²) < 4.78 is 37.7. The van der Waals surface area contributed by atoms with Gasteiger partial charge in [-0.2, -0.15) is 0 Å². The van der Waals surface area contributed by atoms with Gasteiger partial charge in [-0.3, -0.25) is 0 Å². The summed E-state index contributed by atoms with van der Waals surface area (Å²) in [7, 11) is -0.633. The number of sulfonamides is 1. The maximum atomic E-state index is 12.4. The summed E-state index contributed by atoms with van der Waals surface area (Å²) in [5.74, 6) is 0.832. The van der Waals surface area contributed by atoms with Crippen LogP contribution in [0.5, 0.6) is 11.5 Å². The van der Waals surface area contributed by atoms with E-state index in [1.165, 1.54) is 20.3 Å². The van der Waals surface area contributed by atoms with Gasteiger partial charge in [0.15, 0.2) is 0 Å². The molecule has 0 spiro atoms. The molecule has 1 saturated heterocycles. The van der Waals surface area contributed by atoms with Crippen LogP contribution in [0.15, 0.2) is 23.1 Å². The van der Waals surface area contributed by atoms with E-state index < -0.39 is 10.0 Å². The standard InChI is InChI=1S/C14H22N2O4S/c1-19-12-6-7-14(13(9-12)20-2)21(17,18)16-10-11-5-3-4-8-15-11/h6-7,9,11,15-16H,3-5,8,10H2,1-2H3. The number of methoxy groups -OCH3 is 2. The van der Waals surface area contributed by atoms with Crippen molar-refractivity contribution in [3.05, 3.63) is 18.2 Å². The fraction of sp³-hybridized carbons (Fsp3) is 0.571. The Morgan fingerprint density at radius 2 is 2.10 bits per heavy atom. The first kappa shape index (κ1) is 16.1. The summed E-state index contributed by atoms with van der Waals surface area (Å²) in [5.41, 5.74) is 0. The third kappa shape index (κ3) is 4.09. The monoisotopic (exact) mass is 314 g/mol. The van der Waals surface area contributed by atoms with E-state index in [0.29, 0.717) is 12.3 Å². The van der Waals surface area contributed by atoms with E-state index in [1.54, 1.807) is 12.1 Å². The van der Waals surface area contributed by atoms with Crippen LogP contribution in [0.25, 0.3) is 0 Å². The lowest BCUT2D eigenvalue weighted by atomic mass is 10.1. The fourth-order valence-electron chi connectivity index (χ4n) is 2.38. The van der Waals surface area contributed by atoms with Crippen molar-refractivity contribution in [2.45, 2.75) is 30.2 Å². The van der Waals surface area contributed by atoms with Gasteiger partial charge in [0.2, 0.25) is 10.0 Å². The maximum Gasteiger partial charge on any atom is 0.244 e. The van der Waals surface area contributed by atoms with Gasteiger partial charge in [-0.05, 0) is 31.5 Å². The quantitative estimate of drug-likeness (QED) is 0.823. The van der Waals surface area contributed by atoms with E-state index in [0.717, 1.165) is 25.8 Å². The number of piperidine rings is 1. The SMILES string of the molecule is COc1ccc(S(=O)(=O)NCC2CCCCN2)c(OC)c1. The van der Waals surface area contributed by atoms with Crippen molar-refractivity contribution < 1.29 is 17.9 Å². The number of hydrogen-bond acceptors (Lipinski definition) is 5. The Balaban J connectivity index is 2.11. The van der Waals surface area contributed by atoms with Gasteiger partial charge in [-0.15, -0.1) is 0 Å². The molecule has 21 heavy (non-hydrogen) atoms. The van der Waals surface area contributed by atoms with Crippen molar-refractivity contribution in [3.63, 3.8) is 0 Å². The maximum absolute atomic E-state index is 12.4. The number of ether oxygens (including phenoxy) is 2. The highest BCUT2D eigenvalue weighted by Gasteiger charge is 2.22. The van der Waals surface area contributed by atoms with Gasteiger partial charge in [-0.25, -0.2) is 13.1 Å². The summed E-state index contributed by atoms with van der Waals surface area (Å²) in [6, 6.07) is 4.86. The lowest BCUT2D eigenvalue weighted by molar-refractivity contribution is 0.384. The molecular weight excluding hydrogens is 292 g/mol. The number of benzene rings is 1. The average molecular weight is 314 g/mol. The summed E-state index contributed by atoms with van der Waals surface area (Å²) in [6.07, 6.45) is 3.27. The van der Waals surface area contributed by atoms with Crippen LogP contribution in [-0.2, 0) is 10.0 Å². The molecule has 0 bridgehead atoms. The van der Waals surface area contributed by atoms with Gasteiger partial charge >= 0.3 is 0 Å². The molecule has 118 valence electrons. The average Bonchev–Trinajstić information content (AvgIpc) is 2.53. The molecule has 0 aliphatic carbocycles. The van der Waals surface area contributed by atoms with Gasteiger partial charge in [0.1, 0.15) is 16.4 Å². The molecule has 1 atom stereocenters. The fourth-order valence-corrected chi connectivity index (χ4v) is 3.61. The molecule has 0 radical (unpaired) electrons. The summed E-state index contributed by atoms with van der Waals surface area (Å²) >= 11 is 0. The molecule has 1 unspecified atom stereocenters. The minimum Gasteiger partial charge on any atom is -0.497 e. The van der Waals surface area contributed by atoms with Crippen LogP contribution in [-0.4, -0.2) is 41.8 Å². The molecule has 2 rings (SSSR count). The Hall–Kier alpha value is -1.31. The highest BCUT2D eigenvalue weighted by Crippen LogP contribution is 2.28. The number of nitrogens with one attached hydrogen (secondary N) is 2. The normalized spacial score (nSPS) is 19.2. The largest absolute Gasteiger partial charge is 0.497 e. The molecule has 2 N–H and O–H groups in total. The van der Waals surface area contributed by atoms with Crippen LogP contribution in [0.4, 0.5) is 0 Å². The third-order valence-electron chi connectivity index (χ3n) is 3.59. The van der Waals surface area contributed by atoms with E-state index in [-0.39, 0.29) is 16.7 Å². The van der Waals surface area contributed by atoms with Crippen molar-refractivity contribution >= 4 is 10.0 Å². The van der Waals surface area contributed by atoms with Crippen LogP contribution < -0.4 is 19.5 Å². The van der Waals surface area contributed by atoms with Gasteiger partial charge in [0.05, 0.1) is 14.2 Å². The highest BCUT2D eigenvalue weighted by atomic mass is 32.2. The second kappa shape index (κ2) is 7.11. The van der Waals surface area contributed by atoms with Crippen LogP contribution in [0, 0.1) is 0 Å². The molecule has 6 nitrogen and oxygen atoms in total. The molecule has 7 heteroatoms. The molecule has 1 aromatic rings. The zero-order valence-electron chi connectivity index (χ0n) is 12.4. The highest BCUT2D eigenvalue weighted by molar-refractivity contribution is 7.89. The molecule has 1 aliphatic heterocycles. The molecule has 0 aromatic heterocycles. The summed E-state index contributed by atoms with van der Waals surface area (Å²) in [6.45, 7) is 1.33. The molecule has 1 heterocycles. The van der Waals surface area contributed by atoms with Gasteiger partial charge in [-0.1, -0.05) is 6.42 Å². The molecule has 1 fully saturated rings. The smallest absolute Gasteiger partial charge is 0.244 e. The number of rotatable bonds is 6. The summed E-state index contributed by atoms with van der Waals surface area (Å²) in [5, 5.41) is 3.31. The Morgan fingerprint density at radius 3 is 2.71 bits per heavy atom. The first-order valence-electron chi connectivity index (χ1n) is 7.02. The summed E-state index contributed by atoms with van der Waals surface area (Å²) in [4.78, 5) is 0.126. The minimum absolute atomic E-state index is 0.126. The van der Waals surface area contributed by atoms with E-state index in [9.17, 15) is 8.42 Å². The minimum atomic E-state index is -3.60. The zero-order valence-corrected chi connectivity index (χ0v) is 13.2. The first-order valence-corrected chi connectivity index (χ1v) is 8.50. The van der Waals surface area contributed by atoms with Crippen molar-refractivity contribution in [1.29, 1.82) is 0 Å². The molecule has 0 saturated carbocycles. The van der Waals surface area contributed by atoms with E-state index in [1.807, 2.05) is 0 Å². The third-order valence-corrected chi connectivity index (χ3v) is 5.06. The Morgan fingerprint density at radius 1 is 1.29 bits per heavy atom. The molecular formula is C14H22N2O4S. The zero-order chi connectivity index (χ0) is 15.3. The predicted octanol–water partition coefficient (Wildman–Crippen LogP) is 1.12. The van der Waals surface area contributed by atoms with Gasteiger partial charge in [0.25, 0.3) is 0 Å². The van der Waals surface area contributed by atoms with Crippen molar-refractivity contribution in [1.82, 2.24) is 10.0 Å². The van der Waals surface area contributed by atoms with E-state index in [2.05, 4.69) is 10.0 Å². The van der Waals surface area contributed by atoms with E-state index >= 15 is 0 Å². The molecule has 0 amide bonds. The van der Waals surface area contributed by atoms with Crippen molar-refractivity contribution in [2.24, 2.45) is 0 Å². The predicted molar refractivity (Wildman–Crippen MR) is 80.4 cm³/mol. The first-order chi connectivity index (χ1) is 10.1. The molecule has 1 aliphatic rings. The van der Waals surface area contributed by atoms with Crippen LogP contribution in [0.3, 0.4) is 0 Å². The second-order valence-electron chi connectivity index (χ2n) is 5.02. The lowest BCUT2D eigenvalue weighted by Crippen LogP contribution is -2.43. The Labute approximate surface area is 125 Å². The Bertz CT molecular complexity index is 568. The van der Waals surface area contributed by atoms with Crippen LogP contribution in [0.2, 0.25) is 0 Å². The lowest BCUT2D eigenvalue weighted by Gasteiger charge is -2.23.